The van der Waals surface area contributed by atoms with Crippen molar-refractivity contribution in [2.45, 2.75) is 12.5 Å². The van der Waals surface area contributed by atoms with Crippen molar-refractivity contribution in [2.24, 2.45) is 0 Å². The molecule has 0 aliphatic carbocycles. The van der Waals surface area contributed by atoms with Gasteiger partial charge in [0.05, 0.1) is 25.8 Å². The van der Waals surface area contributed by atoms with Crippen molar-refractivity contribution in [1.29, 1.82) is 0 Å². The van der Waals surface area contributed by atoms with Crippen LogP contribution < -0.4 is 10.0 Å². The second-order valence-corrected chi connectivity index (χ2v) is 8.17. The molecule has 1 amide bonds. The topological polar surface area (TPSA) is 87.0 Å². The first kappa shape index (κ1) is 21.5. The number of pyridine rings is 1. The Hall–Kier alpha value is -2.74. The first-order chi connectivity index (χ1) is 15.1. The highest BCUT2D eigenvalue weighted by atomic mass is 35.5. The van der Waals surface area contributed by atoms with Gasteiger partial charge in [-0.3, -0.25) is 14.6 Å². The van der Waals surface area contributed by atoms with Crippen molar-refractivity contribution < 1.29 is 24.3 Å². The van der Waals surface area contributed by atoms with Gasteiger partial charge in [0, 0.05) is 36.0 Å². The van der Waals surface area contributed by atoms with Crippen LogP contribution in [0.25, 0.3) is 5.76 Å². The molecule has 0 saturated carbocycles. The molecule has 31 heavy (non-hydrogen) atoms. The number of halogens is 1. The fourth-order valence-electron chi connectivity index (χ4n) is 4.15. The minimum Gasteiger partial charge on any atom is -0.872 e. The van der Waals surface area contributed by atoms with Crippen LogP contribution in [0.2, 0.25) is 5.02 Å². The Balaban J connectivity index is 1.64. The Labute approximate surface area is 185 Å². The number of amides is 1. The van der Waals surface area contributed by atoms with E-state index in [1.54, 1.807) is 48.8 Å². The molecular formula is C23H24ClN3O4. The van der Waals surface area contributed by atoms with E-state index in [1.807, 2.05) is 0 Å². The van der Waals surface area contributed by atoms with E-state index in [9.17, 15) is 14.7 Å². The van der Waals surface area contributed by atoms with Gasteiger partial charge >= 0.3 is 0 Å². The Morgan fingerprint density at radius 2 is 1.94 bits per heavy atom. The Bertz CT molecular complexity index is 972. The zero-order valence-corrected chi connectivity index (χ0v) is 17.8. The minimum absolute atomic E-state index is 0.0287. The number of hydrogen-bond acceptors (Lipinski definition) is 5. The number of likely N-dealkylation sites (tertiary alicyclic amines) is 1. The molecule has 2 saturated heterocycles. The van der Waals surface area contributed by atoms with Gasteiger partial charge in [0.1, 0.15) is 13.1 Å². The highest BCUT2D eigenvalue weighted by Crippen LogP contribution is 2.38. The molecular weight excluding hydrogens is 418 g/mol. The number of rotatable bonds is 6. The van der Waals surface area contributed by atoms with Crippen LogP contribution in [0, 0.1) is 0 Å². The number of hydrogen-bond donors (Lipinski definition) is 1. The third kappa shape index (κ3) is 4.63. The predicted molar refractivity (Wildman–Crippen MR) is 113 cm³/mol. The van der Waals surface area contributed by atoms with Crippen molar-refractivity contribution in [1.82, 2.24) is 9.88 Å². The number of nitrogens with one attached hydrogen (secondary N) is 1. The quantitative estimate of drug-likeness (QED) is 0.395. The minimum atomic E-state index is -0.743. The zero-order chi connectivity index (χ0) is 21.8. The number of quaternary nitrogens is 1. The summed E-state index contributed by atoms with van der Waals surface area (Å²) in [5.41, 5.74) is 0.950. The molecule has 162 valence electrons. The van der Waals surface area contributed by atoms with Gasteiger partial charge in [0.15, 0.2) is 0 Å². The molecule has 1 aromatic carbocycles. The number of nitrogens with zero attached hydrogens (tertiary/aromatic N) is 2. The molecule has 1 aromatic heterocycles. The molecule has 3 heterocycles. The molecule has 1 unspecified atom stereocenters. The molecule has 8 heteroatoms. The molecule has 2 aliphatic heterocycles. The lowest BCUT2D eigenvalue weighted by molar-refractivity contribution is -0.908. The van der Waals surface area contributed by atoms with E-state index in [2.05, 4.69) is 4.98 Å². The monoisotopic (exact) mass is 441 g/mol. The molecule has 1 atom stereocenters. The van der Waals surface area contributed by atoms with Crippen LogP contribution in [-0.4, -0.2) is 61.0 Å². The summed E-state index contributed by atoms with van der Waals surface area (Å²) in [5, 5.41) is 13.7. The lowest BCUT2D eigenvalue weighted by atomic mass is 9.96. The number of Topliss-reactive ketones (excluding diaryl/α,β-unsaturated/α-hetero) is 1. The maximum atomic E-state index is 13.2. The van der Waals surface area contributed by atoms with Gasteiger partial charge in [-0.2, -0.15) is 0 Å². The normalized spacial score (nSPS) is 21.6. The third-order valence-electron chi connectivity index (χ3n) is 5.77. The summed E-state index contributed by atoms with van der Waals surface area (Å²) in [6, 6.07) is 9.12. The van der Waals surface area contributed by atoms with Gasteiger partial charge in [-0.25, -0.2) is 0 Å². The summed E-state index contributed by atoms with van der Waals surface area (Å²) in [7, 11) is 0. The first-order valence-electron chi connectivity index (χ1n) is 10.4. The largest absolute Gasteiger partial charge is 0.872 e. The molecule has 0 spiro atoms. The number of aromatic nitrogens is 1. The molecule has 4 rings (SSSR count). The second kappa shape index (κ2) is 9.60. The molecule has 2 aromatic rings. The predicted octanol–water partition coefficient (Wildman–Crippen LogP) is 0.264. The zero-order valence-electron chi connectivity index (χ0n) is 17.1. The Kier molecular flexibility index (Phi) is 6.65. The van der Waals surface area contributed by atoms with E-state index in [0.717, 1.165) is 39.3 Å². The molecule has 0 bridgehead atoms. The van der Waals surface area contributed by atoms with E-state index < -0.39 is 23.5 Å². The third-order valence-corrected chi connectivity index (χ3v) is 6.02. The smallest absolute Gasteiger partial charge is 0.295 e. The summed E-state index contributed by atoms with van der Waals surface area (Å²) in [5.74, 6) is -1.83. The number of ether oxygens (including phenoxy) is 1. The van der Waals surface area contributed by atoms with Crippen LogP contribution in [0.5, 0.6) is 0 Å². The van der Waals surface area contributed by atoms with Gasteiger partial charge in [0.2, 0.25) is 5.78 Å². The van der Waals surface area contributed by atoms with E-state index in [0.29, 0.717) is 22.7 Å². The van der Waals surface area contributed by atoms with Crippen LogP contribution in [0.15, 0.2) is 54.4 Å². The Morgan fingerprint density at radius 1 is 1.19 bits per heavy atom. The van der Waals surface area contributed by atoms with Crippen LogP contribution in [0.3, 0.4) is 0 Å². The van der Waals surface area contributed by atoms with Crippen molar-refractivity contribution in [2.75, 3.05) is 39.4 Å². The second-order valence-electron chi connectivity index (χ2n) is 7.73. The molecule has 1 N–H and O–H groups in total. The average molecular weight is 442 g/mol. The van der Waals surface area contributed by atoms with Gasteiger partial charge in [-0.15, -0.1) is 0 Å². The summed E-state index contributed by atoms with van der Waals surface area (Å²) >= 11 is 5.93. The molecule has 0 radical (unpaired) electrons. The van der Waals surface area contributed by atoms with E-state index in [-0.39, 0.29) is 5.57 Å². The fraction of sp³-hybridized carbons (Fsp3) is 0.348. The van der Waals surface area contributed by atoms with Crippen LogP contribution in [0.1, 0.15) is 23.6 Å². The number of benzene rings is 1. The van der Waals surface area contributed by atoms with Gasteiger partial charge in [0.25, 0.3) is 5.91 Å². The summed E-state index contributed by atoms with van der Waals surface area (Å²) in [6.45, 7) is 4.62. The summed E-state index contributed by atoms with van der Waals surface area (Å²) in [4.78, 5) is 32.9. The van der Waals surface area contributed by atoms with Gasteiger partial charge in [-0.05, 0) is 29.3 Å². The molecule has 2 fully saturated rings. The van der Waals surface area contributed by atoms with Crippen molar-refractivity contribution in [3.8, 4) is 0 Å². The van der Waals surface area contributed by atoms with Gasteiger partial charge < -0.3 is 19.6 Å². The standard InChI is InChI=1S/C23H24ClN3O4/c24-18-6-4-16(5-7-18)21(28)19-20(17-3-1-8-25-15-17)27(23(30)22(19)29)10-2-9-26-11-13-31-14-12-26/h1,3-8,15,20,28H,2,9-14H2/b21-19+. The van der Waals surface area contributed by atoms with E-state index in [1.165, 1.54) is 9.80 Å². The highest BCUT2D eigenvalue weighted by Gasteiger charge is 2.44. The molecule has 2 aliphatic rings. The van der Waals surface area contributed by atoms with E-state index >= 15 is 0 Å². The van der Waals surface area contributed by atoms with E-state index in [4.69, 9.17) is 16.3 Å². The number of carbonyl (C=O) groups is 2. The molecule has 7 nitrogen and oxygen atoms in total. The summed E-state index contributed by atoms with van der Waals surface area (Å²) < 4.78 is 5.39. The van der Waals surface area contributed by atoms with Crippen LogP contribution in [0.4, 0.5) is 0 Å². The number of carbonyl (C=O) groups excluding carboxylic acids is 2. The summed E-state index contributed by atoms with van der Waals surface area (Å²) in [6.07, 6.45) is 3.95. The maximum absolute atomic E-state index is 13.2. The average Bonchev–Trinajstić information content (AvgIpc) is 3.05. The maximum Gasteiger partial charge on any atom is 0.295 e. The van der Waals surface area contributed by atoms with Crippen LogP contribution >= 0.6 is 11.6 Å². The van der Waals surface area contributed by atoms with Crippen LogP contribution in [-0.2, 0) is 14.3 Å². The van der Waals surface area contributed by atoms with Crippen molar-refractivity contribution in [3.05, 3.63) is 70.5 Å². The van der Waals surface area contributed by atoms with Crippen molar-refractivity contribution >= 4 is 29.1 Å². The number of morpholine rings is 1. The fourth-order valence-corrected chi connectivity index (χ4v) is 4.28. The highest BCUT2D eigenvalue weighted by molar-refractivity contribution is 6.46. The SMILES string of the molecule is O=C1C(=O)N(CCC[NH+]2CCOCC2)C(c2cccnc2)/C1=C(\[O-])c1ccc(Cl)cc1. The van der Waals surface area contributed by atoms with Crippen molar-refractivity contribution in [3.63, 3.8) is 0 Å². The number of ketones is 1. The lowest BCUT2D eigenvalue weighted by Gasteiger charge is -2.28. The lowest BCUT2D eigenvalue weighted by Crippen LogP contribution is -3.14. The Morgan fingerprint density at radius 3 is 2.61 bits per heavy atom. The van der Waals surface area contributed by atoms with Gasteiger partial charge in [-0.1, -0.05) is 35.6 Å². The first-order valence-corrected chi connectivity index (χ1v) is 10.8.